The van der Waals surface area contributed by atoms with E-state index in [9.17, 15) is 8.78 Å². The van der Waals surface area contributed by atoms with Crippen molar-refractivity contribution in [2.45, 2.75) is 13.3 Å². The second kappa shape index (κ2) is 8.10. The van der Waals surface area contributed by atoms with Crippen LogP contribution in [-0.2, 0) is 6.42 Å². The molecule has 1 aromatic heterocycles. The van der Waals surface area contributed by atoms with Crippen molar-refractivity contribution >= 4 is 29.1 Å². The van der Waals surface area contributed by atoms with E-state index in [-0.39, 0.29) is 10.8 Å². The molecule has 0 atom stereocenters. The van der Waals surface area contributed by atoms with Gasteiger partial charge in [-0.2, -0.15) is 4.98 Å². The molecule has 1 heterocycles. The predicted octanol–water partition coefficient (Wildman–Crippen LogP) is 5.11. The Morgan fingerprint density at radius 2 is 1.81 bits per heavy atom. The van der Waals surface area contributed by atoms with E-state index in [0.717, 1.165) is 5.69 Å². The number of aryl methyl sites for hydroxylation is 1. The molecule has 0 saturated carbocycles. The highest BCUT2D eigenvalue weighted by Gasteiger charge is 2.06. The van der Waals surface area contributed by atoms with Gasteiger partial charge in [-0.25, -0.2) is 13.8 Å². The van der Waals surface area contributed by atoms with Crippen molar-refractivity contribution in [3.63, 3.8) is 0 Å². The van der Waals surface area contributed by atoms with Gasteiger partial charge in [0.2, 0.25) is 5.95 Å². The molecule has 0 aliphatic heterocycles. The molecule has 134 valence electrons. The molecule has 3 rings (SSSR count). The summed E-state index contributed by atoms with van der Waals surface area (Å²) in [5.41, 5.74) is 1.98. The summed E-state index contributed by atoms with van der Waals surface area (Å²) in [5, 5.41) is 6.18. The van der Waals surface area contributed by atoms with Gasteiger partial charge in [0, 0.05) is 24.0 Å². The highest BCUT2D eigenvalue weighted by Crippen LogP contribution is 2.22. The number of hydrogen-bond donors (Lipinski definition) is 2. The lowest BCUT2D eigenvalue weighted by molar-refractivity contribution is 0.610. The average molecular weight is 375 g/mol. The van der Waals surface area contributed by atoms with Gasteiger partial charge in [0.1, 0.15) is 17.5 Å². The highest BCUT2D eigenvalue weighted by molar-refractivity contribution is 6.31. The minimum Gasteiger partial charge on any atom is -0.370 e. The fraction of sp³-hybridized carbons (Fsp3) is 0.158. The van der Waals surface area contributed by atoms with Crippen LogP contribution in [0.2, 0.25) is 5.02 Å². The first-order chi connectivity index (χ1) is 12.5. The van der Waals surface area contributed by atoms with Crippen LogP contribution in [0.15, 0.2) is 48.5 Å². The summed E-state index contributed by atoms with van der Waals surface area (Å²) in [7, 11) is 0. The Kier molecular flexibility index (Phi) is 5.63. The number of hydrogen-bond acceptors (Lipinski definition) is 4. The lowest BCUT2D eigenvalue weighted by atomic mass is 10.1. The Balaban J connectivity index is 1.67. The Morgan fingerprint density at radius 1 is 1.00 bits per heavy atom. The Labute approximate surface area is 155 Å². The van der Waals surface area contributed by atoms with Gasteiger partial charge >= 0.3 is 0 Å². The van der Waals surface area contributed by atoms with E-state index in [0.29, 0.717) is 36.0 Å². The molecule has 0 bridgehead atoms. The predicted molar refractivity (Wildman–Crippen MR) is 100 cm³/mol. The summed E-state index contributed by atoms with van der Waals surface area (Å²) in [6.45, 7) is 2.37. The molecule has 0 aliphatic rings. The standard InChI is InChI=1S/C19H17ClF2N4/c1-12-10-18(23-9-8-13-4-2-3-5-16(13)21)26-19(24-12)25-14-6-7-17(22)15(20)11-14/h2-7,10-11H,8-9H2,1H3,(H2,23,24,25,26). The number of nitrogens with one attached hydrogen (secondary N) is 2. The molecule has 4 nitrogen and oxygen atoms in total. The smallest absolute Gasteiger partial charge is 0.229 e. The molecule has 26 heavy (non-hydrogen) atoms. The zero-order valence-electron chi connectivity index (χ0n) is 14.1. The fourth-order valence-corrected chi connectivity index (χ4v) is 2.62. The largest absolute Gasteiger partial charge is 0.370 e. The maximum Gasteiger partial charge on any atom is 0.229 e. The second-order valence-corrected chi connectivity index (χ2v) is 6.15. The van der Waals surface area contributed by atoms with Gasteiger partial charge in [0.25, 0.3) is 0 Å². The van der Waals surface area contributed by atoms with Crippen LogP contribution in [0, 0.1) is 18.6 Å². The van der Waals surface area contributed by atoms with Crippen LogP contribution in [0.1, 0.15) is 11.3 Å². The molecular weight excluding hydrogens is 358 g/mol. The average Bonchev–Trinajstić information content (AvgIpc) is 2.59. The lowest BCUT2D eigenvalue weighted by Gasteiger charge is -2.10. The third-order valence-electron chi connectivity index (χ3n) is 3.69. The number of anilines is 3. The molecule has 2 N–H and O–H groups in total. The fourth-order valence-electron chi connectivity index (χ4n) is 2.44. The minimum atomic E-state index is -0.488. The molecule has 2 aromatic carbocycles. The normalized spacial score (nSPS) is 10.6. The van der Waals surface area contributed by atoms with Crippen LogP contribution in [0.4, 0.5) is 26.2 Å². The molecule has 0 aliphatic carbocycles. The molecule has 0 spiro atoms. The number of nitrogens with zero attached hydrogens (tertiary/aromatic N) is 2. The number of halogens is 3. The SMILES string of the molecule is Cc1cc(NCCc2ccccc2F)nc(Nc2ccc(F)c(Cl)c2)n1. The van der Waals surface area contributed by atoms with Crippen LogP contribution in [0.5, 0.6) is 0 Å². The van der Waals surface area contributed by atoms with E-state index in [1.807, 2.05) is 13.0 Å². The van der Waals surface area contributed by atoms with E-state index in [4.69, 9.17) is 11.6 Å². The number of aromatic nitrogens is 2. The zero-order valence-corrected chi connectivity index (χ0v) is 14.8. The van der Waals surface area contributed by atoms with Crippen molar-refractivity contribution in [2.24, 2.45) is 0 Å². The topological polar surface area (TPSA) is 49.8 Å². The van der Waals surface area contributed by atoms with E-state index >= 15 is 0 Å². The van der Waals surface area contributed by atoms with Crippen molar-refractivity contribution in [3.05, 3.63) is 76.4 Å². The van der Waals surface area contributed by atoms with Gasteiger partial charge < -0.3 is 10.6 Å². The third-order valence-corrected chi connectivity index (χ3v) is 3.98. The van der Waals surface area contributed by atoms with Crippen LogP contribution in [0.25, 0.3) is 0 Å². The summed E-state index contributed by atoms with van der Waals surface area (Å²) < 4.78 is 26.9. The van der Waals surface area contributed by atoms with Crippen molar-refractivity contribution in [3.8, 4) is 0 Å². The molecule has 0 unspecified atom stereocenters. The molecule has 0 fully saturated rings. The monoisotopic (exact) mass is 374 g/mol. The van der Waals surface area contributed by atoms with Crippen molar-refractivity contribution in [2.75, 3.05) is 17.2 Å². The summed E-state index contributed by atoms with van der Waals surface area (Å²) in [5.74, 6) is 0.271. The Bertz CT molecular complexity index is 918. The van der Waals surface area contributed by atoms with E-state index in [1.165, 1.54) is 18.2 Å². The van der Waals surface area contributed by atoms with Gasteiger partial charge in [-0.15, -0.1) is 0 Å². The van der Waals surface area contributed by atoms with Gasteiger partial charge in [0.05, 0.1) is 5.02 Å². The first-order valence-corrected chi connectivity index (χ1v) is 8.44. The molecular formula is C19H17ClF2N4. The van der Waals surface area contributed by atoms with Gasteiger partial charge in [0.15, 0.2) is 0 Å². The summed E-state index contributed by atoms with van der Waals surface area (Å²) in [6.07, 6.45) is 0.534. The van der Waals surface area contributed by atoms with Crippen LogP contribution in [0.3, 0.4) is 0 Å². The molecule has 7 heteroatoms. The van der Waals surface area contributed by atoms with E-state index in [2.05, 4.69) is 20.6 Å². The van der Waals surface area contributed by atoms with Crippen LogP contribution < -0.4 is 10.6 Å². The lowest BCUT2D eigenvalue weighted by Crippen LogP contribution is -2.09. The second-order valence-electron chi connectivity index (χ2n) is 5.74. The van der Waals surface area contributed by atoms with Gasteiger partial charge in [-0.05, 0) is 43.2 Å². The van der Waals surface area contributed by atoms with Crippen LogP contribution >= 0.6 is 11.6 Å². The summed E-state index contributed by atoms with van der Waals surface area (Å²) in [4.78, 5) is 8.67. The highest BCUT2D eigenvalue weighted by atomic mass is 35.5. The van der Waals surface area contributed by atoms with E-state index < -0.39 is 5.82 Å². The van der Waals surface area contributed by atoms with E-state index in [1.54, 1.807) is 24.3 Å². The van der Waals surface area contributed by atoms with Crippen molar-refractivity contribution in [1.29, 1.82) is 0 Å². The van der Waals surface area contributed by atoms with Crippen LogP contribution in [-0.4, -0.2) is 16.5 Å². The molecule has 0 amide bonds. The maximum absolute atomic E-state index is 13.6. The third kappa shape index (κ3) is 4.67. The number of benzene rings is 2. The Morgan fingerprint density at radius 3 is 2.58 bits per heavy atom. The molecule has 0 saturated heterocycles. The van der Waals surface area contributed by atoms with Crippen molar-refractivity contribution < 1.29 is 8.78 Å². The minimum absolute atomic E-state index is 0.0193. The Hall–Kier alpha value is -2.73. The first kappa shape index (κ1) is 18.1. The van der Waals surface area contributed by atoms with Gasteiger partial charge in [-0.1, -0.05) is 29.8 Å². The quantitative estimate of drug-likeness (QED) is 0.629. The first-order valence-electron chi connectivity index (χ1n) is 8.06. The summed E-state index contributed by atoms with van der Waals surface area (Å²) in [6, 6.07) is 12.8. The number of rotatable bonds is 6. The molecule has 0 radical (unpaired) electrons. The summed E-state index contributed by atoms with van der Waals surface area (Å²) >= 11 is 5.78. The zero-order chi connectivity index (χ0) is 18.5. The maximum atomic E-state index is 13.6. The van der Waals surface area contributed by atoms with Crippen molar-refractivity contribution in [1.82, 2.24) is 9.97 Å². The van der Waals surface area contributed by atoms with Gasteiger partial charge in [-0.3, -0.25) is 0 Å². The molecule has 3 aromatic rings.